The number of nitrogens with one attached hydrogen (secondary N) is 1. The lowest BCUT2D eigenvalue weighted by atomic mass is 10.1. The molecule has 0 bridgehead atoms. The predicted molar refractivity (Wildman–Crippen MR) is 77.1 cm³/mol. The summed E-state index contributed by atoms with van der Waals surface area (Å²) in [7, 11) is 0. The molecule has 20 heavy (non-hydrogen) atoms. The van der Waals surface area contributed by atoms with Gasteiger partial charge in [0.2, 0.25) is 0 Å². The van der Waals surface area contributed by atoms with E-state index in [0.717, 1.165) is 22.7 Å². The Bertz CT molecular complexity index is 698. The second-order valence-electron chi connectivity index (χ2n) is 5.17. The maximum Gasteiger partial charge on any atom is 0.160 e. The first-order valence-electron chi connectivity index (χ1n) is 6.72. The molecule has 0 aliphatic rings. The molecule has 1 unspecified atom stereocenters. The number of nitrogens with zero attached hydrogens (tertiary/aromatic N) is 4. The summed E-state index contributed by atoms with van der Waals surface area (Å²) < 4.78 is 2.11. The summed E-state index contributed by atoms with van der Waals surface area (Å²) in [6.07, 6.45) is 5.92. The fourth-order valence-corrected chi connectivity index (χ4v) is 2.44. The number of imidazole rings is 2. The third-order valence-corrected chi connectivity index (χ3v) is 3.32. The molecule has 0 fully saturated rings. The number of hydrogen-bond donors (Lipinski definition) is 2. The minimum atomic E-state index is -0.188. The van der Waals surface area contributed by atoms with Gasteiger partial charge in [-0.15, -0.1) is 0 Å². The number of hydrogen-bond acceptors (Lipinski definition) is 4. The molecule has 3 aromatic rings. The third kappa shape index (κ3) is 2.18. The van der Waals surface area contributed by atoms with Crippen molar-refractivity contribution in [3.63, 3.8) is 0 Å². The summed E-state index contributed by atoms with van der Waals surface area (Å²) in [6.45, 7) is 4.23. The maximum atomic E-state index is 6.33. The Kier molecular flexibility index (Phi) is 3.23. The van der Waals surface area contributed by atoms with Gasteiger partial charge in [-0.1, -0.05) is 0 Å². The van der Waals surface area contributed by atoms with Crippen molar-refractivity contribution in [3.8, 4) is 0 Å². The van der Waals surface area contributed by atoms with Gasteiger partial charge in [-0.25, -0.2) is 15.0 Å². The van der Waals surface area contributed by atoms with Crippen molar-refractivity contribution in [1.29, 1.82) is 0 Å². The molecule has 3 aromatic heterocycles. The van der Waals surface area contributed by atoms with E-state index in [1.165, 1.54) is 0 Å². The van der Waals surface area contributed by atoms with Crippen LogP contribution in [0.4, 0.5) is 0 Å². The van der Waals surface area contributed by atoms with Crippen LogP contribution in [-0.4, -0.2) is 24.5 Å². The van der Waals surface area contributed by atoms with Gasteiger partial charge in [0.15, 0.2) is 5.65 Å². The van der Waals surface area contributed by atoms with Crippen LogP contribution in [0.5, 0.6) is 0 Å². The topological polar surface area (TPSA) is 85.4 Å². The molecule has 0 amide bonds. The quantitative estimate of drug-likeness (QED) is 0.759. The summed E-state index contributed by atoms with van der Waals surface area (Å²) in [6, 6.07) is 3.93. The highest BCUT2D eigenvalue weighted by Gasteiger charge is 2.20. The van der Waals surface area contributed by atoms with E-state index in [4.69, 9.17) is 5.73 Å². The molecule has 0 aromatic carbocycles. The second-order valence-corrected chi connectivity index (χ2v) is 5.17. The first kappa shape index (κ1) is 12.8. The molecule has 0 radical (unpaired) electrons. The monoisotopic (exact) mass is 270 g/mol. The van der Waals surface area contributed by atoms with Crippen LogP contribution in [0.3, 0.4) is 0 Å². The van der Waals surface area contributed by atoms with E-state index in [-0.39, 0.29) is 12.1 Å². The standard InChI is InChI=1S/C14H18N6/c1-9(2)20-13(11(15)6-10-7-16-8-18-10)19-12-4-3-5-17-14(12)20/h3-5,7-9,11H,6,15H2,1-2H3,(H,16,18). The van der Waals surface area contributed by atoms with Gasteiger partial charge in [0.1, 0.15) is 11.3 Å². The van der Waals surface area contributed by atoms with Crippen LogP contribution in [0.15, 0.2) is 30.9 Å². The number of pyridine rings is 1. The molecule has 0 aliphatic carbocycles. The Morgan fingerprint density at radius 1 is 1.40 bits per heavy atom. The fourth-order valence-electron chi connectivity index (χ4n) is 2.44. The summed E-state index contributed by atoms with van der Waals surface area (Å²) in [5.41, 5.74) is 9.11. The van der Waals surface area contributed by atoms with Crippen molar-refractivity contribution in [2.45, 2.75) is 32.4 Å². The SMILES string of the molecule is CC(C)n1c(C(N)Cc2cnc[nH]2)nc2cccnc21. The summed E-state index contributed by atoms with van der Waals surface area (Å²) in [4.78, 5) is 16.2. The molecular formula is C14H18N6. The van der Waals surface area contributed by atoms with E-state index < -0.39 is 0 Å². The first-order chi connectivity index (χ1) is 9.66. The van der Waals surface area contributed by atoms with Crippen molar-refractivity contribution in [2.24, 2.45) is 5.73 Å². The number of aromatic amines is 1. The van der Waals surface area contributed by atoms with Crippen LogP contribution >= 0.6 is 0 Å². The first-order valence-corrected chi connectivity index (χ1v) is 6.72. The van der Waals surface area contributed by atoms with Gasteiger partial charge in [-0.05, 0) is 26.0 Å². The zero-order valence-corrected chi connectivity index (χ0v) is 11.6. The van der Waals surface area contributed by atoms with E-state index in [0.29, 0.717) is 6.42 Å². The summed E-state index contributed by atoms with van der Waals surface area (Å²) in [5, 5.41) is 0. The van der Waals surface area contributed by atoms with Crippen molar-refractivity contribution in [2.75, 3.05) is 0 Å². The number of fused-ring (bicyclic) bond motifs is 1. The summed E-state index contributed by atoms with van der Waals surface area (Å²) in [5.74, 6) is 0.864. The average Bonchev–Trinajstić information content (AvgIpc) is 3.04. The third-order valence-electron chi connectivity index (χ3n) is 3.32. The molecule has 3 rings (SSSR count). The Morgan fingerprint density at radius 2 is 2.25 bits per heavy atom. The highest BCUT2D eigenvalue weighted by Crippen LogP contribution is 2.23. The number of aromatic nitrogens is 5. The second kappa shape index (κ2) is 5.05. The van der Waals surface area contributed by atoms with Crippen molar-refractivity contribution >= 4 is 11.2 Å². The molecule has 0 saturated carbocycles. The lowest BCUT2D eigenvalue weighted by Crippen LogP contribution is -2.20. The molecule has 3 N–H and O–H groups in total. The minimum absolute atomic E-state index is 0.188. The van der Waals surface area contributed by atoms with Gasteiger partial charge in [0, 0.05) is 30.6 Å². The van der Waals surface area contributed by atoms with Gasteiger partial charge < -0.3 is 15.3 Å². The number of nitrogens with two attached hydrogens (primary N) is 1. The Hall–Kier alpha value is -2.21. The van der Waals surface area contributed by atoms with E-state index >= 15 is 0 Å². The molecule has 6 heteroatoms. The fraction of sp³-hybridized carbons (Fsp3) is 0.357. The van der Waals surface area contributed by atoms with Crippen LogP contribution in [-0.2, 0) is 6.42 Å². The molecule has 3 heterocycles. The van der Waals surface area contributed by atoms with Gasteiger partial charge in [0.25, 0.3) is 0 Å². The van der Waals surface area contributed by atoms with E-state index in [1.54, 1.807) is 18.7 Å². The van der Waals surface area contributed by atoms with Crippen molar-refractivity contribution in [3.05, 3.63) is 42.4 Å². The zero-order chi connectivity index (χ0) is 14.1. The van der Waals surface area contributed by atoms with E-state index in [1.807, 2.05) is 12.1 Å². The Balaban J connectivity index is 2.03. The van der Waals surface area contributed by atoms with Crippen LogP contribution in [0.1, 0.15) is 37.4 Å². The lowest BCUT2D eigenvalue weighted by Gasteiger charge is -2.16. The van der Waals surface area contributed by atoms with Crippen LogP contribution in [0.2, 0.25) is 0 Å². The van der Waals surface area contributed by atoms with Crippen LogP contribution < -0.4 is 5.73 Å². The lowest BCUT2D eigenvalue weighted by molar-refractivity contribution is 0.535. The largest absolute Gasteiger partial charge is 0.348 e. The molecular weight excluding hydrogens is 252 g/mol. The molecule has 6 nitrogen and oxygen atoms in total. The van der Waals surface area contributed by atoms with Gasteiger partial charge in [0.05, 0.1) is 12.4 Å². The normalized spacial score (nSPS) is 13.2. The van der Waals surface area contributed by atoms with Crippen LogP contribution in [0.25, 0.3) is 11.2 Å². The van der Waals surface area contributed by atoms with Crippen molar-refractivity contribution in [1.82, 2.24) is 24.5 Å². The predicted octanol–water partition coefficient (Wildman–Crippen LogP) is 1.98. The highest BCUT2D eigenvalue weighted by molar-refractivity contribution is 5.71. The Labute approximate surface area is 117 Å². The number of H-pyrrole nitrogens is 1. The van der Waals surface area contributed by atoms with Crippen LogP contribution in [0, 0.1) is 0 Å². The highest BCUT2D eigenvalue weighted by atomic mass is 15.2. The molecule has 0 saturated heterocycles. The molecule has 0 aliphatic heterocycles. The van der Waals surface area contributed by atoms with Crippen molar-refractivity contribution < 1.29 is 0 Å². The minimum Gasteiger partial charge on any atom is -0.348 e. The zero-order valence-electron chi connectivity index (χ0n) is 11.6. The maximum absolute atomic E-state index is 6.33. The van der Waals surface area contributed by atoms with Gasteiger partial charge >= 0.3 is 0 Å². The molecule has 0 spiro atoms. The summed E-state index contributed by atoms with van der Waals surface area (Å²) >= 11 is 0. The van der Waals surface area contributed by atoms with Gasteiger partial charge in [-0.2, -0.15) is 0 Å². The van der Waals surface area contributed by atoms with E-state index in [9.17, 15) is 0 Å². The molecule has 104 valence electrons. The number of rotatable bonds is 4. The van der Waals surface area contributed by atoms with Gasteiger partial charge in [-0.3, -0.25) is 0 Å². The smallest absolute Gasteiger partial charge is 0.160 e. The van der Waals surface area contributed by atoms with E-state index in [2.05, 4.69) is 38.4 Å². The molecule has 1 atom stereocenters. The Morgan fingerprint density at radius 3 is 2.95 bits per heavy atom. The average molecular weight is 270 g/mol.